The van der Waals surface area contributed by atoms with Crippen LogP contribution in [0.15, 0.2) is 18.2 Å². The largest absolute Gasteiger partial charge is 0.508 e. The van der Waals surface area contributed by atoms with E-state index in [4.69, 9.17) is 4.74 Å². The molecule has 0 amide bonds. The van der Waals surface area contributed by atoms with Crippen LogP contribution < -0.4 is 5.32 Å². The predicted molar refractivity (Wildman–Crippen MR) is 72.0 cm³/mol. The Morgan fingerprint density at radius 2 is 1.79 bits per heavy atom. The summed E-state index contributed by atoms with van der Waals surface area (Å²) < 4.78 is 5.22. The molecular weight excluding hydrogens is 246 g/mol. The number of aromatic hydroxyl groups is 2. The fourth-order valence-electron chi connectivity index (χ4n) is 1.63. The molecule has 0 spiro atoms. The van der Waals surface area contributed by atoms with Crippen molar-refractivity contribution in [3.05, 3.63) is 23.8 Å². The van der Waals surface area contributed by atoms with Crippen LogP contribution in [0.25, 0.3) is 0 Å². The van der Waals surface area contributed by atoms with Crippen molar-refractivity contribution in [2.75, 3.05) is 6.54 Å². The zero-order chi connectivity index (χ0) is 14.6. The summed E-state index contributed by atoms with van der Waals surface area (Å²) in [4.78, 5) is 11.1. The average molecular weight is 267 g/mol. The quantitative estimate of drug-likeness (QED) is 0.728. The third-order valence-electron chi connectivity index (χ3n) is 2.42. The first-order valence-corrected chi connectivity index (χ1v) is 6.12. The molecule has 0 heterocycles. The maximum Gasteiger partial charge on any atom is 0.303 e. The number of hydrogen-bond donors (Lipinski definition) is 3. The number of phenolic OH excluding ortho intramolecular Hbond substituents is 2. The van der Waals surface area contributed by atoms with E-state index in [0.29, 0.717) is 12.1 Å². The Kier molecular flexibility index (Phi) is 4.78. The number of phenols is 2. The maximum absolute atomic E-state index is 11.1. The molecule has 5 nitrogen and oxygen atoms in total. The lowest BCUT2D eigenvalue weighted by Crippen LogP contribution is -2.39. The number of nitrogens with one attached hydrogen (secondary N) is 1. The van der Waals surface area contributed by atoms with Crippen molar-refractivity contribution in [1.29, 1.82) is 0 Å². The van der Waals surface area contributed by atoms with E-state index in [0.717, 1.165) is 0 Å². The lowest BCUT2D eigenvalue weighted by molar-refractivity contribution is -0.146. The van der Waals surface area contributed by atoms with Gasteiger partial charge in [0.05, 0.1) is 0 Å². The van der Waals surface area contributed by atoms with Gasteiger partial charge in [0.2, 0.25) is 0 Å². The molecule has 1 rings (SSSR count). The highest BCUT2D eigenvalue weighted by molar-refractivity contribution is 5.66. The van der Waals surface area contributed by atoms with Crippen molar-refractivity contribution >= 4 is 5.97 Å². The average Bonchev–Trinajstić information content (AvgIpc) is 2.21. The summed E-state index contributed by atoms with van der Waals surface area (Å²) in [6.07, 6.45) is -0.560. The summed E-state index contributed by atoms with van der Waals surface area (Å²) in [6, 6.07) is 4.17. The van der Waals surface area contributed by atoms with Crippen molar-refractivity contribution in [3.63, 3.8) is 0 Å². The van der Waals surface area contributed by atoms with Crippen LogP contribution >= 0.6 is 0 Å². The van der Waals surface area contributed by atoms with Crippen LogP contribution in [-0.4, -0.2) is 28.3 Å². The van der Waals surface area contributed by atoms with Gasteiger partial charge in [-0.2, -0.15) is 0 Å². The minimum Gasteiger partial charge on any atom is -0.508 e. The highest BCUT2D eigenvalue weighted by atomic mass is 16.5. The Morgan fingerprint density at radius 3 is 2.21 bits per heavy atom. The molecule has 0 aromatic heterocycles. The van der Waals surface area contributed by atoms with Gasteiger partial charge in [0, 0.05) is 30.6 Å². The molecule has 1 atom stereocenters. The van der Waals surface area contributed by atoms with Gasteiger partial charge >= 0.3 is 5.97 Å². The normalized spacial score (nSPS) is 13.1. The van der Waals surface area contributed by atoms with E-state index in [-0.39, 0.29) is 17.0 Å². The lowest BCUT2D eigenvalue weighted by Gasteiger charge is -2.25. The van der Waals surface area contributed by atoms with Crippen LogP contribution in [0.4, 0.5) is 0 Å². The van der Waals surface area contributed by atoms with Crippen molar-refractivity contribution in [1.82, 2.24) is 5.32 Å². The predicted octanol–water partition coefficient (Wildman–Crippen LogP) is 2.09. The first kappa shape index (κ1) is 15.3. The standard InChI is InChI=1S/C14H21NO4/c1-9(16)19-13(8-15-14(2,3)4)10-5-11(17)7-12(18)6-10/h5-7,13,15,17-18H,8H2,1-4H3. The topological polar surface area (TPSA) is 78.8 Å². The van der Waals surface area contributed by atoms with E-state index < -0.39 is 12.1 Å². The Hall–Kier alpha value is -1.75. The van der Waals surface area contributed by atoms with Crippen LogP contribution in [0, 0.1) is 0 Å². The van der Waals surface area contributed by atoms with Gasteiger partial charge in [-0.05, 0) is 32.9 Å². The van der Waals surface area contributed by atoms with Gasteiger partial charge in [-0.1, -0.05) is 0 Å². The molecule has 0 saturated heterocycles. The first-order chi connectivity index (χ1) is 8.67. The highest BCUT2D eigenvalue weighted by Gasteiger charge is 2.19. The number of rotatable bonds is 4. The van der Waals surface area contributed by atoms with E-state index in [1.165, 1.54) is 25.1 Å². The highest BCUT2D eigenvalue weighted by Crippen LogP contribution is 2.27. The summed E-state index contributed by atoms with van der Waals surface area (Å²) in [7, 11) is 0. The van der Waals surface area contributed by atoms with Gasteiger partial charge < -0.3 is 20.3 Å². The van der Waals surface area contributed by atoms with Gasteiger partial charge in [0.15, 0.2) is 0 Å². The molecule has 1 aromatic carbocycles. The monoisotopic (exact) mass is 267 g/mol. The van der Waals surface area contributed by atoms with E-state index in [9.17, 15) is 15.0 Å². The zero-order valence-electron chi connectivity index (χ0n) is 11.7. The van der Waals surface area contributed by atoms with E-state index in [2.05, 4.69) is 5.32 Å². The van der Waals surface area contributed by atoms with Crippen LogP contribution in [0.2, 0.25) is 0 Å². The summed E-state index contributed by atoms with van der Waals surface area (Å²) in [5.41, 5.74) is 0.418. The van der Waals surface area contributed by atoms with Gasteiger partial charge in [-0.25, -0.2) is 0 Å². The SMILES string of the molecule is CC(=O)OC(CNC(C)(C)C)c1cc(O)cc(O)c1. The third-order valence-corrected chi connectivity index (χ3v) is 2.42. The molecule has 5 heteroatoms. The first-order valence-electron chi connectivity index (χ1n) is 6.12. The van der Waals surface area contributed by atoms with Crippen molar-refractivity contribution in [2.45, 2.75) is 39.3 Å². The Morgan fingerprint density at radius 1 is 1.26 bits per heavy atom. The van der Waals surface area contributed by atoms with Crippen LogP contribution in [0.1, 0.15) is 39.4 Å². The summed E-state index contributed by atoms with van der Waals surface area (Å²) in [6.45, 7) is 7.71. The molecule has 3 N–H and O–H groups in total. The minimum absolute atomic E-state index is 0.0667. The van der Waals surface area contributed by atoms with E-state index >= 15 is 0 Å². The fraction of sp³-hybridized carbons (Fsp3) is 0.500. The molecule has 0 aliphatic carbocycles. The van der Waals surface area contributed by atoms with Crippen LogP contribution in [-0.2, 0) is 9.53 Å². The number of carbonyl (C=O) groups is 1. The molecule has 0 bridgehead atoms. The Balaban J connectivity index is 2.92. The third kappa shape index (κ3) is 5.61. The second-order valence-electron chi connectivity index (χ2n) is 5.51. The summed E-state index contributed by atoms with van der Waals surface area (Å²) in [5, 5.41) is 22.2. The van der Waals surface area contributed by atoms with E-state index in [1.807, 2.05) is 20.8 Å². The molecule has 1 aromatic rings. The smallest absolute Gasteiger partial charge is 0.303 e. The molecule has 0 radical (unpaired) electrons. The molecule has 0 aliphatic heterocycles. The van der Waals surface area contributed by atoms with Gasteiger partial charge in [-0.3, -0.25) is 4.79 Å². The number of benzene rings is 1. The van der Waals surface area contributed by atoms with Crippen LogP contribution in [0.5, 0.6) is 11.5 Å². The Bertz CT molecular complexity index is 431. The van der Waals surface area contributed by atoms with Gasteiger partial charge in [-0.15, -0.1) is 0 Å². The molecule has 0 saturated carbocycles. The lowest BCUT2D eigenvalue weighted by atomic mass is 10.1. The molecule has 0 fully saturated rings. The maximum atomic E-state index is 11.1. The van der Waals surface area contributed by atoms with E-state index in [1.54, 1.807) is 0 Å². The van der Waals surface area contributed by atoms with Gasteiger partial charge in [0.1, 0.15) is 17.6 Å². The molecular formula is C14H21NO4. The minimum atomic E-state index is -0.560. The Labute approximate surface area is 113 Å². The van der Waals surface area contributed by atoms with Crippen molar-refractivity contribution in [2.24, 2.45) is 0 Å². The fourth-order valence-corrected chi connectivity index (χ4v) is 1.63. The number of ether oxygens (including phenoxy) is 1. The molecule has 0 aliphatic rings. The summed E-state index contributed by atoms with van der Waals surface area (Å²) in [5.74, 6) is -0.547. The second-order valence-corrected chi connectivity index (χ2v) is 5.51. The summed E-state index contributed by atoms with van der Waals surface area (Å²) >= 11 is 0. The zero-order valence-corrected chi connectivity index (χ0v) is 11.7. The number of esters is 1. The van der Waals surface area contributed by atoms with Gasteiger partial charge in [0.25, 0.3) is 0 Å². The second kappa shape index (κ2) is 5.93. The van der Waals surface area contributed by atoms with Crippen LogP contribution in [0.3, 0.4) is 0 Å². The molecule has 106 valence electrons. The number of hydrogen-bond acceptors (Lipinski definition) is 5. The molecule has 19 heavy (non-hydrogen) atoms. The van der Waals surface area contributed by atoms with Crippen molar-refractivity contribution in [3.8, 4) is 11.5 Å². The molecule has 1 unspecified atom stereocenters. The number of carbonyl (C=O) groups excluding carboxylic acids is 1. The van der Waals surface area contributed by atoms with Crippen molar-refractivity contribution < 1.29 is 19.7 Å².